The quantitative estimate of drug-likeness (QED) is 0.925. The molecule has 19 heavy (non-hydrogen) atoms. The fourth-order valence-electron chi connectivity index (χ4n) is 2.56. The van der Waals surface area contributed by atoms with Crippen LogP contribution in [0.15, 0.2) is 10.5 Å². The van der Waals surface area contributed by atoms with Crippen LogP contribution in [0.25, 0.3) is 0 Å². The van der Waals surface area contributed by atoms with Crippen molar-refractivity contribution < 1.29 is 23.8 Å². The minimum absolute atomic E-state index is 0.0673. The standard InChI is InChI=1S/C13H12BrFO4/c14-11-10(13(1-2-13)6-9(16)17)7(15)5-8-12(11)19-4-3-18-8/h5H,1-4,6H2,(H,16,17). The van der Waals surface area contributed by atoms with E-state index in [2.05, 4.69) is 15.9 Å². The first kappa shape index (κ1) is 12.7. The zero-order chi connectivity index (χ0) is 13.6. The first-order valence-corrected chi connectivity index (χ1v) is 6.83. The van der Waals surface area contributed by atoms with E-state index in [-0.39, 0.29) is 6.42 Å². The van der Waals surface area contributed by atoms with Gasteiger partial charge in [-0.1, -0.05) is 0 Å². The summed E-state index contributed by atoms with van der Waals surface area (Å²) in [4.78, 5) is 10.9. The van der Waals surface area contributed by atoms with Gasteiger partial charge in [0.05, 0.1) is 10.9 Å². The summed E-state index contributed by atoms with van der Waals surface area (Å²) in [6, 6.07) is 1.29. The summed E-state index contributed by atoms with van der Waals surface area (Å²) in [7, 11) is 0. The molecule has 0 amide bonds. The van der Waals surface area contributed by atoms with Crippen LogP contribution in [0.3, 0.4) is 0 Å². The van der Waals surface area contributed by atoms with Crippen LogP contribution in [-0.2, 0) is 10.2 Å². The number of aliphatic carboxylic acids is 1. The summed E-state index contributed by atoms with van der Waals surface area (Å²) in [5.41, 5.74) is -0.205. The molecule has 1 heterocycles. The van der Waals surface area contributed by atoms with E-state index in [0.29, 0.717) is 47.6 Å². The van der Waals surface area contributed by atoms with Crippen molar-refractivity contribution in [3.8, 4) is 11.5 Å². The fourth-order valence-corrected chi connectivity index (χ4v) is 3.48. The summed E-state index contributed by atoms with van der Waals surface area (Å²) in [5, 5.41) is 8.98. The van der Waals surface area contributed by atoms with Gasteiger partial charge in [-0.15, -0.1) is 0 Å². The van der Waals surface area contributed by atoms with Crippen LogP contribution in [0, 0.1) is 5.82 Å². The van der Waals surface area contributed by atoms with Crippen LogP contribution >= 0.6 is 15.9 Å². The molecule has 6 heteroatoms. The second-order valence-corrected chi connectivity index (χ2v) is 5.72. The molecule has 4 nitrogen and oxygen atoms in total. The molecule has 1 aliphatic carbocycles. The molecule has 3 rings (SSSR count). The second kappa shape index (κ2) is 4.37. The molecular weight excluding hydrogens is 319 g/mol. The highest BCUT2D eigenvalue weighted by molar-refractivity contribution is 9.10. The molecule has 1 aromatic carbocycles. The van der Waals surface area contributed by atoms with Crippen molar-refractivity contribution in [1.82, 2.24) is 0 Å². The van der Waals surface area contributed by atoms with Gasteiger partial charge in [-0.05, 0) is 28.8 Å². The number of fused-ring (bicyclic) bond motifs is 1. The first-order chi connectivity index (χ1) is 9.03. The van der Waals surface area contributed by atoms with E-state index >= 15 is 0 Å². The number of halogens is 2. The second-order valence-electron chi connectivity index (χ2n) is 4.92. The largest absolute Gasteiger partial charge is 0.486 e. The van der Waals surface area contributed by atoms with E-state index < -0.39 is 17.2 Å². The van der Waals surface area contributed by atoms with Gasteiger partial charge in [0.2, 0.25) is 0 Å². The number of hydrogen-bond acceptors (Lipinski definition) is 3. The van der Waals surface area contributed by atoms with Gasteiger partial charge in [-0.3, -0.25) is 4.79 Å². The maximum absolute atomic E-state index is 14.3. The van der Waals surface area contributed by atoms with Gasteiger partial charge in [0, 0.05) is 17.0 Å². The lowest BCUT2D eigenvalue weighted by Crippen LogP contribution is -2.20. The molecule has 0 spiro atoms. The monoisotopic (exact) mass is 330 g/mol. The van der Waals surface area contributed by atoms with Crippen molar-refractivity contribution in [2.45, 2.75) is 24.7 Å². The topological polar surface area (TPSA) is 55.8 Å². The number of rotatable bonds is 3. The summed E-state index contributed by atoms with van der Waals surface area (Å²) >= 11 is 3.35. The predicted octanol–water partition coefficient (Wildman–Crippen LogP) is 2.87. The molecule has 0 atom stereocenters. The van der Waals surface area contributed by atoms with E-state index in [1.165, 1.54) is 6.07 Å². The normalized spacial score (nSPS) is 19.1. The van der Waals surface area contributed by atoms with Crippen molar-refractivity contribution >= 4 is 21.9 Å². The molecule has 1 N–H and O–H groups in total. The number of carboxylic acids is 1. The van der Waals surface area contributed by atoms with Crippen LogP contribution in [0.1, 0.15) is 24.8 Å². The van der Waals surface area contributed by atoms with E-state index in [9.17, 15) is 9.18 Å². The Labute approximate surface area is 117 Å². The van der Waals surface area contributed by atoms with Crippen LogP contribution in [0.2, 0.25) is 0 Å². The van der Waals surface area contributed by atoms with Crippen LogP contribution in [0.5, 0.6) is 11.5 Å². The maximum atomic E-state index is 14.3. The SMILES string of the molecule is O=C(O)CC1(c2c(F)cc3c(c2Br)OCCO3)CC1. The van der Waals surface area contributed by atoms with Crippen molar-refractivity contribution in [1.29, 1.82) is 0 Å². The van der Waals surface area contributed by atoms with Gasteiger partial charge in [0.15, 0.2) is 11.5 Å². The summed E-state index contributed by atoms with van der Waals surface area (Å²) < 4.78 is 25.6. The Morgan fingerprint density at radius 3 is 2.74 bits per heavy atom. The number of carbonyl (C=O) groups is 1. The summed E-state index contributed by atoms with van der Waals surface area (Å²) in [5.74, 6) is -0.515. The van der Waals surface area contributed by atoms with Gasteiger partial charge >= 0.3 is 5.97 Å². The fraction of sp³-hybridized carbons (Fsp3) is 0.462. The number of ether oxygens (including phenoxy) is 2. The highest BCUT2D eigenvalue weighted by Gasteiger charge is 2.49. The average molecular weight is 331 g/mol. The molecule has 2 aliphatic rings. The summed E-state index contributed by atoms with van der Waals surface area (Å²) in [6.45, 7) is 0.793. The Kier molecular flexibility index (Phi) is 2.92. The third kappa shape index (κ3) is 2.08. The lowest BCUT2D eigenvalue weighted by atomic mass is 9.91. The van der Waals surface area contributed by atoms with Crippen LogP contribution in [-0.4, -0.2) is 24.3 Å². The number of hydrogen-bond donors (Lipinski definition) is 1. The molecule has 1 fully saturated rings. The van der Waals surface area contributed by atoms with Gasteiger partial charge in [0.1, 0.15) is 19.0 Å². The van der Waals surface area contributed by atoms with Crippen molar-refractivity contribution in [3.63, 3.8) is 0 Å². The van der Waals surface area contributed by atoms with E-state index in [4.69, 9.17) is 14.6 Å². The molecule has 0 saturated heterocycles. The van der Waals surface area contributed by atoms with E-state index in [0.717, 1.165) is 0 Å². The predicted molar refractivity (Wildman–Crippen MR) is 68.3 cm³/mol. The minimum Gasteiger partial charge on any atom is -0.486 e. The molecule has 0 unspecified atom stereocenters. The lowest BCUT2D eigenvalue weighted by molar-refractivity contribution is -0.137. The Morgan fingerprint density at radius 2 is 2.11 bits per heavy atom. The zero-order valence-electron chi connectivity index (χ0n) is 10.0. The van der Waals surface area contributed by atoms with Crippen molar-refractivity contribution in [3.05, 3.63) is 21.9 Å². The molecule has 0 radical (unpaired) electrons. The maximum Gasteiger partial charge on any atom is 0.304 e. The molecule has 0 aromatic heterocycles. The third-order valence-corrected chi connectivity index (χ3v) is 4.36. The molecule has 1 aromatic rings. The molecule has 0 bridgehead atoms. The third-order valence-electron chi connectivity index (χ3n) is 3.60. The van der Waals surface area contributed by atoms with Gasteiger partial charge < -0.3 is 14.6 Å². The van der Waals surface area contributed by atoms with Crippen molar-refractivity contribution in [2.75, 3.05) is 13.2 Å². The van der Waals surface area contributed by atoms with Crippen LogP contribution in [0.4, 0.5) is 4.39 Å². The Hall–Kier alpha value is -1.30. The highest BCUT2D eigenvalue weighted by atomic mass is 79.9. The van der Waals surface area contributed by atoms with Gasteiger partial charge in [-0.25, -0.2) is 4.39 Å². The van der Waals surface area contributed by atoms with Gasteiger partial charge in [0.25, 0.3) is 0 Å². The lowest BCUT2D eigenvalue weighted by Gasteiger charge is -2.24. The Morgan fingerprint density at radius 1 is 1.42 bits per heavy atom. The minimum atomic E-state index is -0.918. The first-order valence-electron chi connectivity index (χ1n) is 6.03. The number of benzene rings is 1. The van der Waals surface area contributed by atoms with Gasteiger partial charge in [-0.2, -0.15) is 0 Å². The van der Waals surface area contributed by atoms with E-state index in [1.54, 1.807) is 0 Å². The highest BCUT2D eigenvalue weighted by Crippen LogP contribution is 2.57. The number of carboxylic acid groups (broad SMARTS) is 1. The van der Waals surface area contributed by atoms with E-state index in [1.807, 2.05) is 0 Å². The molecule has 102 valence electrons. The molecule has 1 saturated carbocycles. The molecular formula is C13H12BrFO4. The van der Waals surface area contributed by atoms with Crippen molar-refractivity contribution in [2.24, 2.45) is 0 Å². The Balaban J connectivity index is 2.09. The molecule has 1 aliphatic heterocycles. The average Bonchev–Trinajstić information content (AvgIpc) is 3.08. The van der Waals surface area contributed by atoms with Crippen LogP contribution < -0.4 is 9.47 Å². The Bertz CT molecular complexity index is 554. The zero-order valence-corrected chi connectivity index (χ0v) is 11.6. The smallest absolute Gasteiger partial charge is 0.304 e. The summed E-state index contributed by atoms with van der Waals surface area (Å²) in [6.07, 6.45) is 1.28.